The van der Waals surface area contributed by atoms with Crippen molar-refractivity contribution < 1.29 is 13.2 Å². The first-order valence-corrected chi connectivity index (χ1v) is 7.21. The Morgan fingerprint density at radius 3 is 2.55 bits per heavy atom. The molecule has 0 unspecified atom stereocenters. The summed E-state index contributed by atoms with van der Waals surface area (Å²) in [5.41, 5.74) is -0.205. The van der Waals surface area contributed by atoms with Gasteiger partial charge in [0.15, 0.2) is 4.90 Å². The van der Waals surface area contributed by atoms with Crippen molar-refractivity contribution in [1.29, 1.82) is 0 Å². The first-order chi connectivity index (χ1) is 9.48. The van der Waals surface area contributed by atoms with Crippen molar-refractivity contribution in [2.24, 2.45) is 0 Å². The third-order valence-corrected chi connectivity index (χ3v) is 4.64. The number of pyridine rings is 1. The third-order valence-electron chi connectivity index (χ3n) is 2.85. The number of aromatic nitrogens is 1. The first-order valence-electron chi connectivity index (χ1n) is 5.77. The smallest absolute Gasteiger partial charge is 0.269 e. The minimum atomic E-state index is -3.95. The van der Waals surface area contributed by atoms with Crippen LogP contribution < -0.4 is 14.5 Å². The van der Waals surface area contributed by atoms with Crippen LogP contribution in [0.2, 0.25) is 0 Å². The normalized spacial score (nSPS) is 11.1. The maximum atomic E-state index is 12.5. The molecule has 0 atom stereocenters. The Morgan fingerprint density at radius 1 is 1.20 bits per heavy atom. The Balaban J connectivity index is 2.55. The van der Waals surface area contributed by atoms with E-state index in [4.69, 9.17) is 4.74 Å². The van der Waals surface area contributed by atoms with Gasteiger partial charge in [-0.15, -0.1) is 0 Å². The highest BCUT2D eigenvalue weighted by molar-refractivity contribution is 7.92. The van der Waals surface area contributed by atoms with Gasteiger partial charge >= 0.3 is 0 Å². The van der Waals surface area contributed by atoms with Crippen molar-refractivity contribution in [3.8, 4) is 5.75 Å². The van der Waals surface area contributed by atoms with E-state index in [9.17, 15) is 13.2 Å². The number of sulfonamides is 1. The van der Waals surface area contributed by atoms with Crippen molar-refractivity contribution in [3.05, 3.63) is 52.9 Å². The topological polar surface area (TPSA) is 79.5 Å². The second kappa shape index (κ2) is 5.38. The van der Waals surface area contributed by atoms with E-state index in [-0.39, 0.29) is 4.90 Å². The quantitative estimate of drug-likeness (QED) is 0.919. The molecule has 0 aliphatic heterocycles. The zero-order valence-corrected chi connectivity index (χ0v) is 11.8. The lowest BCUT2D eigenvalue weighted by molar-refractivity contribution is 0.416. The number of anilines is 1. The summed E-state index contributed by atoms with van der Waals surface area (Å²) in [5.74, 6) is 0.408. The first kappa shape index (κ1) is 14.1. The molecule has 6 nitrogen and oxygen atoms in total. The van der Waals surface area contributed by atoms with E-state index in [0.717, 1.165) is 4.31 Å². The molecule has 0 amide bonds. The van der Waals surface area contributed by atoms with Crippen LogP contribution in [0.4, 0.5) is 5.69 Å². The fourth-order valence-electron chi connectivity index (χ4n) is 1.77. The van der Waals surface area contributed by atoms with Crippen LogP contribution in [0.25, 0.3) is 0 Å². The molecule has 0 saturated carbocycles. The summed E-state index contributed by atoms with van der Waals surface area (Å²) < 4.78 is 31.1. The Kier molecular flexibility index (Phi) is 3.80. The standard InChI is InChI=1S/C13H14N2O4S/c1-15(10-5-3-4-6-12(10)19-2)20(17,18)13-9-14-8-7-11(13)16/h3-9H,1-2H3,(H,14,16). The largest absolute Gasteiger partial charge is 0.495 e. The number of H-pyrrole nitrogens is 1. The molecular formula is C13H14N2O4S. The van der Waals surface area contributed by atoms with E-state index in [1.165, 1.54) is 32.6 Å². The fraction of sp³-hybridized carbons (Fsp3) is 0.154. The lowest BCUT2D eigenvalue weighted by atomic mass is 10.3. The van der Waals surface area contributed by atoms with Gasteiger partial charge in [0.2, 0.25) is 5.43 Å². The summed E-state index contributed by atoms with van der Waals surface area (Å²) in [6.07, 6.45) is 2.55. The fourth-order valence-corrected chi connectivity index (χ4v) is 3.01. The average Bonchev–Trinajstić information content (AvgIpc) is 2.46. The van der Waals surface area contributed by atoms with Gasteiger partial charge in [0.05, 0.1) is 12.8 Å². The van der Waals surface area contributed by atoms with Crippen LogP contribution in [0, 0.1) is 0 Å². The number of hydrogen-bond acceptors (Lipinski definition) is 4. The Morgan fingerprint density at radius 2 is 1.90 bits per heavy atom. The summed E-state index contributed by atoms with van der Waals surface area (Å²) >= 11 is 0. The van der Waals surface area contributed by atoms with E-state index in [2.05, 4.69) is 4.98 Å². The highest BCUT2D eigenvalue weighted by atomic mass is 32.2. The van der Waals surface area contributed by atoms with E-state index in [0.29, 0.717) is 11.4 Å². The summed E-state index contributed by atoms with van der Waals surface area (Å²) in [6.45, 7) is 0. The van der Waals surface area contributed by atoms with E-state index >= 15 is 0 Å². The van der Waals surface area contributed by atoms with Crippen LogP contribution in [-0.4, -0.2) is 27.6 Å². The highest BCUT2D eigenvalue weighted by Crippen LogP contribution is 2.29. The zero-order valence-electron chi connectivity index (χ0n) is 11.0. The van der Waals surface area contributed by atoms with E-state index in [1.807, 2.05) is 0 Å². The Bertz CT molecular complexity index is 768. The number of para-hydroxylation sites is 2. The van der Waals surface area contributed by atoms with E-state index < -0.39 is 15.5 Å². The van der Waals surface area contributed by atoms with Gasteiger partial charge in [-0.1, -0.05) is 12.1 Å². The minimum Gasteiger partial charge on any atom is -0.495 e. The van der Waals surface area contributed by atoms with E-state index in [1.54, 1.807) is 24.3 Å². The predicted molar refractivity (Wildman–Crippen MR) is 75.6 cm³/mol. The van der Waals surface area contributed by atoms with Crippen molar-refractivity contribution in [2.75, 3.05) is 18.5 Å². The van der Waals surface area contributed by atoms with Gasteiger partial charge in [0.1, 0.15) is 5.75 Å². The molecule has 0 spiro atoms. The molecule has 2 aromatic rings. The molecule has 20 heavy (non-hydrogen) atoms. The van der Waals surface area contributed by atoms with Gasteiger partial charge in [0.25, 0.3) is 10.0 Å². The number of nitrogens with zero attached hydrogens (tertiary/aromatic N) is 1. The van der Waals surface area contributed by atoms with Crippen molar-refractivity contribution in [3.63, 3.8) is 0 Å². The van der Waals surface area contributed by atoms with Crippen LogP contribution in [0.15, 0.2) is 52.4 Å². The number of nitrogens with one attached hydrogen (secondary N) is 1. The molecule has 2 rings (SSSR count). The lowest BCUT2D eigenvalue weighted by Crippen LogP contribution is -2.30. The third kappa shape index (κ3) is 2.39. The molecule has 0 aliphatic rings. The van der Waals surface area contributed by atoms with Gasteiger partial charge in [-0.25, -0.2) is 8.42 Å². The summed E-state index contributed by atoms with van der Waals surface area (Å²) in [4.78, 5) is 14.0. The van der Waals surface area contributed by atoms with Crippen molar-refractivity contribution in [1.82, 2.24) is 4.98 Å². The number of rotatable bonds is 4. The van der Waals surface area contributed by atoms with Gasteiger partial charge in [-0.2, -0.15) is 0 Å². The maximum Gasteiger partial charge on any atom is 0.269 e. The monoisotopic (exact) mass is 294 g/mol. The molecule has 1 N–H and O–H groups in total. The second-order valence-corrected chi connectivity index (χ2v) is 5.95. The number of benzene rings is 1. The predicted octanol–water partition coefficient (Wildman–Crippen LogP) is 1.21. The van der Waals surface area contributed by atoms with Gasteiger partial charge in [-0.05, 0) is 12.1 Å². The maximum absolute atomic E-state index is 12.5. The van der Waals surface area contributed by atoms with Crippen LogP contribution >= 0.6 is 0 Å². The lowest BCUT2D eigenvalue weighted by Gasteiger charge is -2.21. The van der Waals surface area contributed by atoms with Crippen molar-refractivity contribution in [2.45, 2.75) is 4.90 Å². The number of aromatic amines is 1. The molecule has 0 aliphatic carbocycles. The Hall–Kier alpha value is -2.28. The summed E-state index contributed by atoms with van der Waals surface area (Å²) in [7, 11) is -1.12. The van der Waals surface area contributed by atoms with Crippen LogP contribution in [0.5, 0.6) is 5.75 Å². The molecule has 1 aromatic heterocycles. The summed E-state index contributed by atoms with van der Waals surface area (Å²) in [5, 5.41) is 0. The molecule has 0 bridgehead atoms. The van der Waals surface area contributed by atoms with Crippen LogP contribution in [0.1, 0.15) is 0 Å². The SMILES string of the molecule is COc1ccccc1N(C)S(=O)(=O)c1c[nH]ccc1=O. The molecular weight excluding hydrogens is 280 g/mol. The molecule has 0 fully saturated rings. The molecule has 1 aromatic carbocycles. The van der Waals surface area contributed by atoms with Gasteiger partial charge < -0.3 is 9.72 Å². The molecule has 1 heterocycles. The number of hydrogen-bond donors (Lipinski definition) is 1. The summed E-state index contributed by atoms with van der Waals surface area (Å²) in [6, 6.07) is 7.85. The molecule has 0 radical (unpaired) electrons. The van der Waals surface area contributed by atoms with Crippen molar-refractivity contribution >= 4 is 15.7 Å². The molecule has 106 valence electrons. The average molecular weight is 294 g/mol. The second-order valence-electron chi connectivity index (χ2n) is 4.02. The zero-order chi connectivity index (χ0) is 14.8. The van der Waals surface area contributed by atoms with Gasteiger partial charge in [-0.3, -0.25) is 9.10 Å². The number of methoxy groups -OCH3 is 1. The highest BCUT2D eigenvalue weighted by Gasteiger charge is 2.25. The van der Waals surface area contributed by atoms with Crippen LogP contribution in [-0.2, 0) is 10.0 Å². The van der Waals surface area contributed by atoms with Crippen LogP contribution in [0.3, 0.4) is 0 Å². The minimum absolute atomic E-state index is 0.312. The molecule has 0 saturated heterocycles. The van der Waals surface area contributed by atoms with Gasteiger partial charge in [0, 0.05) is 25.5 Å². The molecule has 7 heteroatoms. The Labute approximate surface area is 116 Å². The number of ether oxygens (including phenoxy) is 1.